The van der Waals surface area contributed by atoms with Gasteiger partial charge in [0.2, 0.25) is 5.91 Å². The molecule has 1 aromatic carbocycles. The minimum absolute atomic E-state index is 0. The molecule has 7 heteroatoms. The molecule has 2 aliphatic rings. The first-order chi connectivity index (χ1) is 11.6. The van der Waals surface area contributed by atoms with E-state index in [0.717, 1.165) is 31.5 Å². The molecule has 25 heavy (non-hydrogen) atoms. The number of aliphatic hydroxyl groups is 1. The maximum absolute atomic E-state index is 13.0. The van der Waals surface area contributed by atoms with E-state index in [0.29, 0.717) is 26.1 Å². The molecular formula is C18H26ClFN2O3. The molecule has 140 valence electrons. The minimum atomic E-state index is -0.603. The second-order valence-corrected chi connectivity index (χ2v) is 6.62. The van der Waals surface area contributed by atoms with E-state index >= 15 is 0 Å². The number of rotatable bonds is 4. The Kier molecular flexibility index (Phi) is 7.62. The molecule has 2 aliphatic heterocycles. The smallest absolute Gasteiger partial charge is 0.225 e. The van der Waals surface area contributed by atoms with Gasteiger partial charge in [-0.05, 0) is 36.5 Å². The van der Waals surface area contributed by atoms with Gasteiger partial charge in [0.25, 0.3) is 0 Å². The van der Waals surface area contributed by atoms with Crippen LogP contribution in [0.15, 0.2) is 24.3 Å². The zero-order valence-corrected chi connectivity index (χ0v) is 15.0. The van der Waals surface area contributed by atoms with Crippen molar-refractivity contribution in [3.63, 3.8) is 0 Å². The Morgan fingerprint density at radius 3 is 2.60 bits per heavy atom. The standard InChI is InChI=1S/C18H25FN2O3.ClH/c19-15-3-1-13(2-4-15)18(23)14-5-8-21(9-6-14)17(22)11-16-12-20-7-10-24-16;/h1-4,14,16,18,20,23H,5-12H2;1H. The van der Waals surface area contributed by atoms with Crippen LogP contribution in [0, 0.1) is 11.7 Å². The Hall–Kier alpha value is -1.21. The van der Waals surface area contributed by atoms with Crippen LogP contribution in [0.4, 0.5) is 4.39 Å². The first kappa shape index (κ1) is 20.1. The molecule has 0 radical (unpaired) electrons. The van der Waals surface area contributed by atoms with Crippen LogP contribution in [0.25, 0.3) is 0 Å². The van der Waals surface area contributed by atoms with E-state index in [1.807, 2.05) is 4.90 Å². The molecule has 2 atom stereocenters. The first-order valence-corrected chi connectivity index (χ1v) is 8.67. The first-order valence-electron chi connectivity index (χ1n) is 8.67. The zero-order valence-electron chi connectivity index (χ0n) is 14.2. The average Bonchev–Trinajstić information content (AvgIpc) is 2.63. The van der Waals surface area contributed by atoms with Crippen LogP contribution in [0.5, 0.6) is 0 Å². The third kappa shape index (κ3) is 5.38. The van der Waals surface area contributed by atoms with Gasteiger partial charge in [0.05, 0.1) is 25.2 Å². The van der Waals surface area contributed by atoms with Gasteiger partial charge in [0.15, 0.2) is 0 Å². The molecular weight excluding hydrogens is 347 g/mol. The van der Waals surface area contributed by atoms with E-state index < -0.39 is 6.10 Å². The highest BCUT2D eigenvalue weighted by Gasteiger charge is 2.29. The van der Waals surface area contributed by atoms with Gasteiger partial charge in [0.1, 0.15) is 5.82 Å². The number of carbonyl (C=O) groups excluding carboxylic acids is 1. The lowest BCUT2D eigenvalue weighted by Crippen LogP contribution is -2.45. The van der Waals surface area contributed by atoms with Crippen LogP contribution < -0.4 is 5.32 Å². The number of hydrogen-bond donors (Lipinski definition) is 2. The topological polar surface area (TPSA) is 61.8 Å². The van der Waals surface area contributed by atoms with E-state index in [1.165, 1.54) is 12.1 Å². The number of halogens is 2. The van der Waals surface area contributed by atoms with Gasteiger partial charge in [-0.3, -0.25) is 4.79 Å². The molecule has 3 rings (SSSR count). The number of nitrogens with one attached hydrogen (secondary N) is 1. The predicted molar refractivity (Wildman–Crippen MR) is 95.1 cm³/mol. The summed E-state index contributed by atoms with van der Waals surface area (Å²) in [6.07, 6.45) is 1.29. The Labute approximate surface area is 153 Å². The molecule has 0 aliphatic carbocycles. The average molecular weight is 373 g/mol. The van der Waals surface area contributed by atoms with Crippen molar-refractivity contribution in [2.75, 3.05) is 32.8 Å². The van der Waals surface area contributed by atoms with Gasteiger partial charge in [0, 0.05) is 26.2 Å². The van der Waals surface area contributed by atoms with E-state index in [-0.39, 0.29) is 36.2 Å². The molecule has 2 saturated heterocycles. The maximum Gasteiger partial charge on any atom is 0.225 e. The monoisotopic (exact) mass is 372 g/mol. The van der Waals surface area contributed by atoms with Gasteiger partial charge < -0.3 is 20.1 Å². The highest BCUT2D eigenvalue weighted by atomic mass is 35.5. The number of amides is 1. The van der Waals surface area contributed by atoms with E-state index in [2.05, 4.69) is 5.32 Å². The normalized spacial score (nSPS) is 23.0. The zero-order chi connectivity index (χ0) is 16.9. The van der Waals surface area contributed by atoms with Gasteiger partial charge in [-0.25, -0.2) is 4.39 Å². The Morgan fingerprint density at radius 2 is 2.00 bits per heavy atom. The van der Waals surface area contributed by atoms with Crippen molar-refractivity contribution in [1.29, 1.82) is 0 Å². The van der Waals surface area contributed by atoms with Crippen molar-refractivity contribution < 1.29 is 19.0 Å². The van der Waals surface area contributed by atoms with Crippen molar-refractivity contribution >= 4 is 18.3 Å². The summed E-state index contributed by atoms with van der Waals surface area (Å²) in [4.78, 5) is 14.2. The number of ether oxygens (including phenoxy) is 1. The second kappa shape index (κ2) is 9.48. The van der Waals surface area contributed by atoms with Gasteiger partial charge in [-0.2, -0.15) is 0 Å². The number of carbonyl (C=O) groups is 1. The van der Waals surface area contributed by atoms with Crippen molar-refractivity contribution in [2.24, 2.45) is 5.92 Å². The molecule has 0 bridgehead atoms. The summed E-state index contributed by atoms with van der Waals surface area (Å²) in [5, 5.41) is 13.7. The van der Waals surface area contributed by atoms with Crippen LogP contribution in [-0.2, 0) is 9.53 Å². The van der Waals surface area contributed by atoms with Crippen molar-refractivity contribution in [3.05, 3.63) is 35.6 Å². The van der Waals surface area contributed by atoms with Crippen LogP contribution in [0.3, 0.4) is 0 Å². The lowest BCUT2D eigenvalue weighted by atomic mass is 9.87. The fourth-order valence-corrected chi connectivity index (χ4v) is 3.47. The van der Waals surface area contributed by atoms with E-state index in [4.69, 9.17) is 4.74 Å². The third-order valence-corrected chi connectivity index (χ3v) is 4.96. The predicted octanol–water partition coefficient (Wildman–Crippen LogP) is 1.90. The van der Waals surface area contributed by atoms with Crippen molar-refractivity contribution in [3.8, 4) is 0 Å². The molecule has 5 nitrogen and oxygen atoms in total. The number of aliphatic hydroxyl groups excluding tert-OH is 1. The number of hydrogen-bond acceptors (Lipinski definition) is 4. The summed E-state index contributed by atoms with van der Waals surface area (Å²) in [6, 6.07) is 6.00. The number of nitrogens with zero attached hydrogens (tertiary/aromatic N) is 1. The Balaban J connectivity index is 0.00000225. The number of piperidine rings is 1. The molecule has 1 aromatic rings. The second-order valence-electron chi connectivity index (χ2n) is 6.62. The van der Waals surface area contributed by atoms with Crippen molar-refractivity contribution in [1.82, 2.24) is 10.2 Å². The summed E-state index contributed by atoms with van der Waals surface area (Å²) in [5.41, 5.74) is 0.739. The molecule has 2 heterocycles. The molecule has 0 aromatic heterocycles. The molecule has 2 unspecified atom stereocenters. The summed E-state index contributed by atoms with van der Waals surface area (Å²) >= 11 is 0. The number of benzene rings is 1. The molecule has 0 saturated carbocycles. The highest BCUT2D eigenvalue weighted by Crippen LogP contribution is 2.31. The fourth-order valence-electron chi connectivity index (χ4n) is 3.47. The fraction of sp³-hybridized carbons (Fsp3) is 0.611. The summed E-state index contributed by atoms with van der Waals surface area (Å²) < 4.78 is 18.6. The quantitative estimate of drug-likeness (QED) is 0.847. The molecule has 0 spiro atoms. The molecule has 2 N–H and O–H groups in total. The summed E-state index contributed by atoms with van der Waals surface area (Å²) in [6.45, 7) is 3.54. The lowest BCUT2D eigenvalue weighted by molar-refractivity contribution is -0.136. The van der Waals surface area contributed by atoms with Crippen molar-refractivity contribution in [2.45, 2.75) is 31.5 Å². The summed E-state index contributed by atoms with van der Waals surface area (Å²) in [5.74, 6) is -0.0729. The number of morpholine rings is 1. The van der Waals surface area contributed by atoms with Crippen LogP contribution >= 0.6 is 12.4 Å². The van der Waals surface area contributed by atoms with Crippen LogP contribution in [0.2, 0.25) is 0 Å². The lowest BCUT2D eigenvalue weighted by Gasteiger charge is -2.35. The largest absolute Gasteiger partial charge is 0.388 e. The van der Waals surface area contributed by atoms with Gasteiger partial charge >= 0.3 is 0 Å². The van der Waals surface area contributed by atoms with Gasteiger partial charge in [-0.15, -0.1) is 12.4 Å². The molecule has 1 amide bonds. The van der Waals surface area contributed by atoms with E-state index in [1.54, 1.807) is 12.1 Å². The maximum atomic E-state index is 13.0. The summed E-state index contributed by atoms with van der Waals surface area (Å²) in [7, 11) is 0. The Bertz CT molecular complexity index is 544. The Morgan fingerprint density at radius 1 is 1.32 bits per heavy atom. The van der Waals surface area contributed by atoms with Gasteiger partial charge in [-0.1, -0.05) is 12.1 Å². The SMILES string of the molecule is Cl.O=C(CC1CNCCO1)N1CCC(C(O)c2ccc(F)cc2)CC1. The van der Waals surface area contributed by atoms with Crippen LogP contribution in [-0.4, -0.2) is 54.8 Å². The minimum Gasteiger partial charge on any atom is -0.388 e. The van der Waals surface area contributed by atoms with Crippen LogP contribution in [0.1, 0.15) is 30.9 Å². The van der Waals surface area contributed by atoms with E-state index in [9.17, 15) is 14.3 Å². The molecule has 2 fully saturated rings. The third-order valence-electron chi connectivity index (χ3n) is 4.96. The number of likely N-dealkylation sites (tertiary alicyclic amines) is 1. The highest BCUT2D eigenvalue weighted by molar-refractivity contribution is 5.85.